The Morgan fingerprint density at radius 2 is 1.97 bits per heavy atom. The molecule has 4 aromatic rings. The summed E-state index contributed by atoms with van der Waals surface area (Å²) >= 11 is 1.29. The number of methoxy groups -OCH3 is 1. The van der Waals surface area contributed by atoms with Crippen LogP contribution in [0, 0.1) is 12.8 Å². The van der Waals surface area contributed by atoms with Gasteiger partial charge >= 0.3 is 5.97 Å². The standard InChI is InChI=1S/C22H22N4O4S/c1-12(2)10-30-22(28)14-5-7-16(8-6-14)26-21(27)19-18(24-25-26)17-15(11-29-4)9-13(3)23-20(17)31-19/h5-9,12H,10-11H2,1-4H3. The fourth-order valence-corrected chi connectivity index (χ4v) is 4.39. The smallest absolute Gasteiger partial charge is 0.338 e. The van der Waals surface area contributed by atoms with Crippen molar-refractivity contribution in [1.29, 1.82) is 0 Å². The Balaban J connectivity index is 1.75. The van der Waals surface area contributed by atoms with E-state index in [4.69, 9.17) is 9.47 Å². The second-order valence-electron chi connectivity index (χ2n) is 7.66. The summed E-state index contributed by atoms with van der Waals surface area (Å²) in [6.07, 6.45) is 0. The number of hydrogen-bond acceptors (Lipinski definition) is 8. The molecule has 0 aliphatic rings. The molecule has 3 aromatic heterocycles. The van der Waals surface area contributed by atoms with Crippen LogP contribution in [0.4, 0.5) is 0 Å². The SMILES string of the molecule is COCc1cc(C)nc2sc3c(=O)n(-c4ccc(C(=O)OCC(C)C)cc4)nnc3c12. The number of fused-ring (bicyclic) bond motifs is 3. The van der Waals surface area contributed by atoms with Crippen molar-refractivity contribution >= 4 is 37.7 Å². The van der Waals surface area contributed by atoms with E-state index in [1.165, 1.54) is 16.0 Å². The molecular weight excluding hydrogens is 416 g/mol. The second kappa shape index (κ2) is 8.52. The molecule has 0 saturated carbocycles. The van der Waals surface area contributed by atoms with E-state index in [0.29, 0.717) is 34.7 Å². The zero-order valence-electron chi connectivity index (χ0n) is 17.7. The topological polar surface area (TPSA) is 96.2 Å². The number of esters is 1. The number of ether oxygens (including phenoxy) is 2. The van der Waals surface area contributed by atoms with E-state index in [-0.39, 0.29) is 11.5 Å². The number of nitrogens with zero attached hydrogens (tertiary/aromatic N) is 4. The lowest BCUT2D eigenvalue weighted by atomic mass is 10.1. The number of aryl methyl sites for hydroxylation is 1. The summed E-state index contributed by atoms with van der Waals surface area (Å²) < 4.78 is 12.2. The highest BCUT2D eigenvalue weighted by Crippen LogP contribution is 2.32. The summed E-state index contributed by atoms with van der Waals surface area (Å²) in [7, 11) is 1.62. The Kier molecular flexibility index (Phi) is 5.79. The Hall–Kier alpha value is -3.17. The largest absolute Gasteiger partial charge is 0.462 e. The first-order valence-electron chi connectivity index (χ1n) is 9.84. The van der Waals surface area contributed by atoms with E-state index in [0.717, 1.165) is 21.5 Å². The van der Waals surface area contributed by atoms with Crippen molar-refractivity contribution in [3.05, 3.63) is 57.5 Å². The van der Waals surface area contributed by atoms with Gasteiger partial charge in [0, 0.05) is 18.2 Å². The number of carbonyl (C=O) groups excluding carboxylic acids is 1. The van der Waals surface area contributed by atoms with Crippen LogP contribution in [-0.2, 0) is 16.1 Å². The zero-order chi connectivity index (χ0) is 22.1. The third kappa shape index (κ3) is 4.06. The molecule has 9 heteroatoms. The molecule has 0 amide bonds. The molecule has 160 valence electrons. The summed E-state index contributed by atoms with van der Waals surface area (Å²) in [4.78, 5) is 30.6. The van der Waals surface area contributed by atoms with Crippen molar-refractivity contribution in [2.24, 2.45) is 5.92 Å². The molecule has 0 atom stereocenters. The Labute approximate surface area is 182 Å². The van der Waals surface area contributed by atoms with Crippen LogP contribution in [0.25, 0.3) is 26.1 Å². The first-order chi connectivity index (χ1) is 14.9. The summed E-state index contributed by atoms with van der Waals surface area (Å²) in [6.45, 7) is 6.60. The highest BCUT2D eigenvalue weighted by atomic mass is 32.1. The molecule has 0 aliphatic heterocycles. The summed E-state index contributed by atoms with van der Waals surface area (Å²) in [5, 5.41) is 9.25. The number of benzene rings is 1. The number of aromatic nitrogens is 4. The maximum Gasteiger partial charge on any atom is 0.338 e. The Morgan fingerprint density at radius 3 is 2.65 bits per heavy atom. The minimum absolute atomic E-state index is 0.257. The highest BCUT2D eigenvalue weighted by Gasteiger charge is 2.18. The molecule has 0 radical (unpaired) electrons. The minimum atomic E-state index is -0.397. The average Bonchev–Trinajstić information content (AvgIpc) is 3.12. The third-order valence-electron chi connectivity index (χ3n) is 4.66. The van der Waals surface area contributed by atoms with Gasteiger partial charge in [0.1, 0.15) is 15.0 Å². The number of pyridine rings is 1. The molecular formula is C22H22N4O4S. The van der Waals surface area contributed by atoms with Crippen LogP contribution >= 0.6 is 11.3 Å². The van der Waals surface area contributed by atoms with Gasteiger partial charge in [-0.05, 0) is 48.7 Å². The van der Waals surface area contributed by atoms with Gasteiger partial charge in [-0.25, -0.2) is 9.78 Å². The van der Waals surface area contributed by atoms with Crippen LogP contribution in [0.5, 0.6) is 0 Å². The third-order valence-corrected chi connectivity index (χ3v) is 5.72. The summed E-state index contributed by atoms with van der Waals surface area (Å²) in [5.74, 6) is -0.140. The maximum atomic E-state index is 13.2. The van der Waals surface area contributed by atoms with Gasteiger partial charge in [-0.2, -0.15) is 4.68 Å². The molecule has 8 nitrogen and oxygen atoms in total. The molecule has 31 heavy (non-hydrogen) atoms. The van der Waals surface area contributed by atoms with E-state index in [9.17, 15) is 9.59 Å². The number of rotatable bonds is 6. The summed E-state index contributed by atoms with van der Waals surface area (Å²) in [5.41, 5.74) is 2.93. The van der Waals surface area contributed by atoms with Crippen molar-refractivity contribution < 1.29 is 14.3 Å². The van der Waals surface area contributed by atoms with Gasteiger partial charge in [-0.15, -0.1) is 16.4 Å². The lowest BCUT2D eigenvalue weighted by molar-refractivity contribution is 0.0459. The first kappa shape index (κ1) is 21.1. The highest BCUT2D eigenvalue weighted by molar-refractivity contribution is 7.25. The fourth-order valence-electron chi connectivity index (χ4n) is 3.27. The Bertz CT molecular complexity index is 1330. The molecule has 0 spiro atoms. The van der Waals surface area contributed by atoms with Crippen LogP contribution in [0.2, 0.25) is 0 Å². The molecule has 0 aliphatic carbocycles. The number of hydrogen-bond donors (Lipinski definition) is 0. The monoisotopic (exact) mass is 438 g/mol. The first-order valence-corrected chi connectivity index (χ1v) is 10.7. The number of thiophene rings is 1. The molecule has 0 bridgehead atoms. The van der Waals surface area contributed by atoms with Crippen molar-refractivity contribution in [3.63, 3.8) is 0 Å². The minimum Gasteiger partial charge on any atom is -0.462 e. The molecule has 0 N–H and O–H groups in total. The average molecular weight is 439 g/mol. The predicted octanol–water partition coefficient (Wildman–Crippen LogP) is 3.66. The summed E-state index contributed by atoms with van der Waals surface area (Å²) in [6, 6.07) is 8.47. The number of carbonyl (C=O) groups is 1. The van der Waals surface area contributed by atoms with Crippen molar-refractivity contribution in [3.8, 4) is 5.69 Å². The van der Waals surface area contributed by atoms with E-state index < -0.39 is 5.97 Å². The zero-order valence-corrected chi connectivity index (χ0v) is 18.5. The quantitative estimate of drug-likeness (QED) is 0.424. The lowest BCUT2D eigenvalue weighted by Gasteiger charge is -2.08. The molecule has 4 rings (SSSR count). The van der Waals surface area contributed by atoms with E-state index >= 15 is 0 Å². The van der Waals surface area contributed by atoms with Crippen LogP contribution in [0.1, 0.15) is 35.5 Å². The fraction of sp³-hybridized carbons (Fsp3) is 0.318. The molecule has 1 aromatic carbocycles. The van der Waals surface area contributed by atoms with Crippen molar-refractivity contribution in [2.45, 2.75) is 27.4 Å². The predicted molar refractivity (Wildman–Crippen MR) is 119 cm³/mol. The van der Waals surface area contributed by atoms with E-state index in [1.54, 1.807) is 31.4 Å². The van der Waals surface area contributed by atoms with Crippen LogP contribution in [-0.4, -0.2) is 39.7 Å². The van der Waals surface area contributed by atoms with Gasteiger partial charge in [0.25, 0.3) is 5.56 Å². The van der Waals surface area contributed by atoms with Gasteiger partial charge in [0.2, 0.25) is 0 Å². The normalized spacial score (nSPS) is 11.5. The molecule has 0 saturated heterocycles. The maximum absolute atomic E-state index is 13.2. The van der Waals surface area contributed by atoms with E-state index in [1.807, 2.05) is 26.8 Å². The second-order valence-corrected chi connectivity index (χ2v) is 8.66. The molecule has 3 heterocycles. The van der Waals surface area contributed by atoms with Gasteiger partial charge in [0.15, 0.2) is 0 Å². The van der Waals surface area contributed by atoms with Crippen LogP contribution in [0.3, 0.4) is 0 Å². The van der Waals surface area contributed by atoms with Crippen LogP contribution < -0.4 is 5.56 Å². The Morgan fingerprint density at radius 1 is 1.23 bits per heavy atom. The van der Waals surface area contributed by atoms with Crippen molar-refractivity contribution in [1.82, 2.24) is 20.0 Å². The molecule has 0 fully saturated rings. The van der Waals surface area contributed by atoms with Gasteiger partial charge in [-0.3, -0.25) is 4.79 Å². The van der Waals surface area contributed by atoms with Crippen molar-refractivity contribution in [2.75, 3.05) is 13.7 Å². The van der Waals surface area contributed by atoms with Gasteiger partial charge in [0.05, 0.1) is 24.5 Å². The van der Waals surface area contributed by atoms with Gasteiger partial charge < -0.3 is 9.47 Å². The van der Waals surface area contributed by atoms with Crippen LogP contribution in [0.15, 0.2) is 35.1 Å². The lowest BCUT2D eigenvalue weighted by Crippen LogP contribution is -2.21. The molecule has 0 unspecified atom stereocenters. The van der Waals surface area contributed by atoms with E-state index in [2.05, 4.69) is 15.3 Å². The van der Waals surface area contributed by atoms with Gasteiger partial charge in [-0.1, -0.05) is 19.1 Å².